The van der Waals surface area contributed by atoms with Crippen molar-refractivity contribution in [2.24, 2.45) is 5.73 Å². The molecule has 0 aliphatic carbocycles. The van der Waals surface area contributed by atoms with Crippen LogP contribution in [0.25, 0.3) is 10.8 Å². The number of nitrogens with one attached hydrogen (secondary N) is 2. The number of allylic oxidation sites excluding steroid dienone is 1. The Morgan fingerprint density at radius 1 is 1.26 bits per heavy atom. The van der Waals surface area contributed by atoms with E-state index in [0.717, 1.165) is 16.3 Å². The zero-order chi connectivity index (χ0) is 16.6. The molecule has 1 heterocycles. The van der Waals surface area contributed by atoms with Crippen molar-refractivity contribution in [1.82, 2.24) is 10.6 Å². The standard InChI is InChI=1S/C17H17N3O2S/c1-9-13(16(18)21)15(20-17(23)19-9)14-11-6-4-3-5-10(11)7-8-12(14)22-2/h3-8,15H,1-2H3,(H2,18,21)(H2,19,20,23)/t15-/m1/s1. The molecule has 0 spiro atoms. The summed E-state index contributed by atoms with van der Waals surface area (Å²) in [5, 5.41) is 8.59. The van der Waals surface area contributed by atoms with Crippen LogP contribution in [0.5, 0.6) is 5.75 Å². The molecule has 0 unspecified atom stereocenters. The fourth-order valence-electron chi connectivity index (χ4n) is 2.99. The Hall–Kier alpha value is -2.60. The molecule has 0 aromatic heterocycles. The van der Waals surface area contributed by atoms with E-state index in [1.165, 1.54) is 0 Å². The first-order valence-corrected chi connectivity index (χ1v) is 7.57. The van der Waals surface area contributed by atoms with Crippen LogP contribution in [0.1, 0.15) is 18.5 Å². The maximum atomic E-state index is 12.0. The summed E-state index contributed by atoms with van der Waals surface area (Å²) in [6, 6.07) is 11.3. The first-order chi connectivity index (χ1) is 11.0. The number of ether oxygens (including phenoxy) is 1. The highest BCUT2D eigenvalue weighted by atomic mass is 32.1. The van der Waals surface area contributed by atoms with Gasteiger partial charge in [-0.2, -0.15) is 0 Å². The minimum Gasteiger partial charge on any atom is -0.496 e. The average molecular weight is 327 g/mol. The highest BCUT2D eigenvalue weighted by Gasteiger charge is 2.31. The predicted molar refractivity (Wildman–Crippen MR) is 94.0 cm³/mol. The molecular formula is C17H17N3O2S. The van der Waals surface area contributed by atoms with E-state index in [9.17, 15) is 4.79 Å². The molecule has 0 saturated carbocycles. The Morgan fingerprint density at radius 2 is 2.00 bits per heavy atom. The van der Waals surface area contributed by atoms with Crippen molar-refractivity contribution < 1.29 is 9.53 Å². The van der Waals surface area contributed by atoms with E-state index in [-0.39, 0.29) is 0 Å². The lowest BCUT2D eigenvalue weighted by Gasteiger charge is -2.31. The van der Waals surface area contributed by atoms with E-state index in [4.69, 9.17) is 22.7 Å². The third kappa shape index (κ3) is 2.61. The Labute approximate surface area is 139 Å². The lowest BCUT2D eigenvalue weighted by molar-refractivity contribution is -0.115. The molecule has 23 heavy (non-hydrogen) atoms. The normalized spacial score (nSPS) is 17.7. The summed E-state index contributed by atoms with van der Waals surface area (Å²) in [6.07, 6.45) is 0. The number of carbonyl (C=O) groups excluding carboxylic acids is 1. The number of amides is 1. The molecular weight excluding hydrogens is 310 g/mol. The molecule has 3 rings (SSSR count). The van der Waals surface area contributed by atoms with Gasteiger partial charge in [0.2, 0.25) is 5.91 Å². The molecule has 6 heteroatoms. The van der Waals surface area contributed by atoms with Crippen molar-refractivity contribution in [2.75, 3.05) is 7.11 Å². The molecule has 1 atom stereocenters. The topological polar surface area (TPSA) is 76.4 Å². The fourth-order valence-corrected chi connectivity index (χ4v) is 3.26. The molecule has 0 bridgehead atoms. The number of fused-ring (bicyclic) bond motifs is 1. The van der Waals surface area contributed by atoms with Crippen molar-refractivity contribution in [3.8, 4) is 5.75 Å². The summed E-state index contributed by atoms with van der Waals surface area (Å²) >= 11 is 5.25. The van der Waals surface area contributed by atoms with Gasteiger partial charge in [0.15, 0.2) is 5.11 Å². The van der Waals surface area contributed by atoms with Gasteiger partial charge in [0.25, 0.3) is 0 Å². The number of thiocarbonyl (C=S) groups is 1. The van der Waals surface area contributed by atoms with Crippen LogP contribution in [-0.2, 0) is 4.79 Å². The van der Waals surface area contributed by atoms with Crippen LogP contribution in [0, 0.1) is 0 Å². The quantitative estimate of drug-likeness (QED) is 0.753. The number of rotatable bonds is 3. The molecule has 2 aromatic carbocycles. The van der Waals surface area contributed by atoms with Gasteiger partial charge in [0.05, 0.1) is 18.7 Å². The van der Waals surface area contributed by atoms with Crippen LogP contribution >= 0.6 is 12.2 Å². The van der Waals surface area contributed by atoms with Gasteiger partial charge in [0.1, 0.15) is 5.75 Å². The first-order valence-electron chi connectivity index (χ1n) is 7.16. The molecule has 4 N–H and O–H groups in total. The van der Waals surface area contributed by atoms with E-state index in [1.54, 1.807) is 14.0 Å². The largest absolute Gasteiger partial charge is 0.496 e. The Bertz CT molecular complexity index is 845. The third-order valence-electron chi connectivity index (χ3n) is 3.97. The average Bonchev–Trinajstić information content (AvgIpc) is 2.52. The van der Waals surface area contributed by atoms with Crippen molar-refractivity contribution in [1.29, 1.82) is 0 Å². The van der Waals surface area contributed by atoms with Gasteiger partial charge in [-0.05, 0) is 36.0 Å². The van der Waals surface area contributed by atoms with Gasteiger partial charge in [-0.25, -0.2) is 0 Å². The minimum absolute atomic E-state index is 0.451. The molecule has 0 saturated heterocycles. The number of methoxy groups -OCH3 is 1. The van der Waals surface area contributed by atoms with Gasteiger partial charge in [0, 0.05) is 11.3 Å². The van der Waals surface area contributed by atoms with E-state index in [2.05, 4.69) is 10.6 Å². The summed E-state index contributed by atoms with van der Waals surface area (Å²) in [5.41, 5.74) is 7.56. The number of hydrogen-bond donors (Lipinski definition) is 3. The SMILES string of the molecule is COc1ccc2ccccc2c1[C@@H]1NC(=S)NC(C)=C1C(N)=O. The van der Waals surface area contributed by atoms with Crippen molar-refractivity contribution in [3.63, 3.8) is 0 Å². The number of nitrogens with two attached hydrogens (primary N) is 1. The van der Waals surface area contributed by atoms with E-state index >= 15 is 0 Å². The van der Waals surface area contributed by atoms with Gasteiger partial charge >= 0.3 is 0 Å². The Kier molecular flexibility index (Phi) is 3.92. The Balaban J connectivity index is 2.31. The predicted octanol–water partition coefficient (Wildman–Crippen LogP) is 2.13. The molecule has 1 aliphatic rings. The van der Waals surface area contributed by atoms with Gasteiger partial charge in [-0.15, -0.1) is 0 Å². The second-order valence-corrected chi connectivity index (χ2v) is 5.75. The second kappa shape index (κ2) is 5.89. The summed E-state index contributed by atoms with van der Waals surface area (Å²) in [5.74, 6) is 0.183. The fraction of sp³-hybridized carbons (Fsp3) is 0.176. The van der Waals surface area contributed by atoms with Crippen LogP contribution in [0.2, 0.25) is 0 Å². The van der Waals surface area contributed by atoms with Crippen molar-refractivity contribution in [2.45, 2.75) is 13.0 Å². The van der Waals surface area contributed by atoms with Gasteiger partial charge in [-0.1, -0.05) is 30.3 Å². The summed E-state index contributed by atoms with van der Waals surface area (Å²) in [6.45, 7) is 1.79. The van der Waals surface area contributed by atoms with E-state index < -0.39 is 11.9 Å². The summed E-state index contributed by atoms with van der Waals surface area (Å²) in [7, 11) is 1.60. The van der Waals surface area contributed by atoms with Crippen LogP contribution < -0.4 is 21.1 Å². The van der Waals surface area contributed by atoms with Crippen molar-refractivity contribution >= 4 is 34.0 Å². The van der Waals surface area contributed by atoms with E-state index in [0.29, 0.717) is 22.1 Å². The maximum absolute atomic E-state index is 12.0. The second-order valence-electron chi connectivity index (χ2n) is 5.34. The number of carbonyl (C=O) groups is 1. The van der Waals surface area contributed by atoms with Crippen molar-refractivity contribution in [3.05, 3.63) is 53.2 Å². The maximum Gasteiger partial charge on any atom is 0.248 e. The minimum atomic E-state index is -0.495. The summed E-state index contributed by atoms with van der Waals surface area (Å²) < 4.78 is 5.53. The molecule has 2 aromatic rings. The molecule has 0 radical (unpaired) electrons. The highest BCUT2D eigenvalue weighted by Crippen LogP contribution is 2.38. The smallest absolute Gasteiger partial charge is 0.248 e. The number of benzene rings is 2. The zero-order valence-corrected chi connectivity index (χ0v) is 13.7. The van der Waals surface area contributed by atoms with Crippen LogP contribution in [0.15, 0.2) is 47.7 Å². The van der Waals surface area contributed by atoms with Crippen LogP contribution in [0.3, 0.4) is 0 Å². The van der Waals surface area contributed by atoms with Gasteiger partial charge in [-0.3, -0.25) is 4.79 Å². The lowest BCUT2D eigenvalue weighted by atomic mass is 9.90. The van der Waals surface area contributed by atoms with Gasteiger partial charge < -0.3 is 21.1 Å². The van der Waals surface area contributed by atoms with E-state index in [1.807, 2.05) is 36.4 Å². The first kappa shape index (κ1) is 15.3. The molecule has 1 amide bonds. The molecule has 0 fully saturated rings. The van der Waals surface area contributed by atoms with Crippen LogP contribution in [0.4, 0.5) is 0 Å². The monoisotopic (exact) mass is 327 g/mol. The summed E-state index contributed by atoms with van der Waals surface area (Å²) in [4.78, 5) is 12.0. The lowest BCUT2D eigenvalue weighted by Crippen LogP contribution is -2.46. The molecule has 1 aliphatic heterocycles. The molecule has 5 nitrogen and oxygen atoms in total. The number of primary amides is 1. The highest BCUT2D eigenvalue weighted by molar-refractivity contribution is 7.80. The Morgan fingerprint density at radius 3 is 2.70 bits per heavy atom. The number of hydrogen-bond acceptors (Lipinski definition) is 3. The van der Waals surface area contributed by atoms with Crippen LogP contribution in [-0.4, -0.2) is 18.1 Å². The third-order valence-corrected chi connectivity index (χ3v) is 4.19. The zero-order valence-electron chi connectivity index (χ0n) is 12.8. The molecule has 118 valence electrons.